The largest absolute Gasteiger partial charge is 0.492 e. The van der Waals surface area contributed by atoms with E-state index in [2.05, 4.69) is 15.5 Å². The van der Waals surface area contributed by atoms with Crippen LogP contribution in [0.1, 0.15) is 18.4 Å². The predicted molar refractivity (Wildman–Crippen MR) is 107 cm³/mol. The van der Waals surface area contributed by atoms with Gasteiger partial charge in [-0.2, -0.15) is 0 Å². The van der Waals surface area contributed by atoms with Gasteiger partial charge in [-0.15, -0.1) is 24.8 Å². The van der Waals surface area contributed by atoms with Gasteiger partial charge in [0.1, 0.15) is 12.4 Å². The van der Waals surface area contributed by atoms with E-state index in [9.17, 15) is 4.79 Å². The number of rotatable bonds is 7. The van der Waals surface area contributed by atoms with Crippen LogP contribution in [0.4, 0.5) is 0 Å². The van der Waals surface area contributed by atoms with E-state index in [1.54, 1.807) is 0 Å². The van der Waals surface area contributed by atoms with Crippen LogP contribution in [-0.2, 0) is 16.1 Å². The Kier molecular flexibility index (Phi) is 10.9. The maximum absolute atomic E-state index is 12.0. The smallest absolute Gasteiger partial charge is 0.237 e. The number of benzene rings is 1. The summed E-state index contributed by atoms with van der Waals surface area (Å²) >= 11 is 0. The first-order chi connectivity index (χ1) is 11.8. The zero-order valence-electron chi connectivity index (χ0n) is 14.9. The molecule has 0 spiro atoms. The first kappa shape index (κ1) is 23.0. The fourth-order valence-corrected chi connectivity index (χ4v) is 3.08. The van der Waals surface area contributed by atoms with Crippen molar-refractivity contribution in [2.24, 2.45) is 0 Å². The number of morpholine rings is 1. The number of amides is 1. The molecule has 26 heavy (non-hydrogen) atoms. The number of ether oxygens (including phenoxy) is 2. The van der Waals surface area contributed by atoms with Gasteiger partial charge in [0.25, 0.3) is 0 Å². The van der Waals surface area contributed by atoms with Crippen molar-refractivity contribution < 1.29 is 14.3 Å². The number of nitrogens with zero attached hydrogens (tertiary/aromatic N) is 1. The van der Waals surface area contributed by atoms with E-state index >= 15 is 0 Å². The van der Waals surface area contributed by atoms with Crippen LogP contribution in [0.15, 0.2) is 24.3 Å². The first-order valence-electron chi connectivity index (χ1n) is 8.84. The zero-order chi connectivity index (χ0) is 16.6. The third kappa shape index (κ3) is 7.29. The number of halogens is 2. The van der Waals surface area contributed by atoms with E-state index < -0.39 is 0 Å². The molecule has 1 atom stereocenters. The summed E-state index contributed by atoms with van der Waals surface area (Å²) in [5.41, 5.74) is 1.06. The number of nitrogens with one attached hydrogen (secondary N) is 2. The van der Waals surface area contributed by atoms with Crippen LogP contribution < -0.4 is 15.4 Å². The molecule has 2 N–H and O–H groups in total. The van der Waals surface area contributed by atoms with Crippen LogP contribution in [0.2, 0.25) is 0 Å². The van der Waals surface area contributed by atoms with Crippen molar-refractivity contribution in [3.63, 3.8) is 0 Å². The lowest BCUT2D eigenvalue weighted by atomic mass is 10.2. The molecule has 2 saturated heterocycles. The van der Waals surface area contributed by atoms with E-state index in [0.717, 1.165) is 63.5 Å². The SMILES string of the molecule is Cl.Cl.O=C(NCc1cccc(OCCN2CCOCC2)c1)C1CCCN1. The maximum Gasteiger partial charge on any atom is 0.237 e. The van der Waals surface area contributed by atoms with Gasteiger partial charge >= 0.3 is 0 Å². The van der Waals surface area contributed by atoms with Crippen molar-refractivity contribution in [2.75, 3.05) is 46.0 Å². The highest BCUT2D eigenvalue weighted by atomic mass is 35.5. The van der Waals surface area contributed by atoms with Crippen molar-refractivity contribution in [3.05, 3.63) is 29.8 Å². The second-order valence-corrected chi connectivity index (χ2v) is 6.32. The Morgan fingerprint density at radius 1 is 1.31 bits per heavy atom. The number of carbonyl (C=O) groups excluding carboxylic acids is 1. The van der Waals surface area contributed by atoms with E-state index in [0.29, 0.717) is 13.2 Å². The highest BCUT2D eigenvalue weighted by Crippen LogP contribution is 2.14. The zero-order valence-corrected chi connectivity index (χ0v) is 16.6. The Morgan fingerprint density at radius 2 is 2.12 bits per heavy atom. The van der Waals surface area contributed by atoms with E-state index in [4.69, 9.17) is 9.47 Å². The molecule has 2 heterocycles. The molecule has 0 bridgehead atoms. The Hall–Kier alpha value is -1.05. The molecule has 0 saturated carbocycles. The van der Waals surface area contributed by atoms with Crippen molar-refractivity contribution >= 4 is 30.7 Å². The summed E-state index contributed by atoms with van der Waals surface area (Å²) in [6.45, 7) is 6.63. The lowest BCUT2D eigenvalue weighted by Gasteiger charge is -2.26. The van der Waals surface area contributed by atoms with Crippen molar-refractivity contribution in [3.8, 4) is 5.75 Å². The molecule has 1 unspecified atom stereocenters. The second-order valence-electron chi connectivity index (χ2n) is 6.32. The molecule has 6 nitrogen and oxygen atoms in total. The molecule has 8 heteroatoms. The van der Waals surface area contributed by atoms with Crippen LogP contribution in [0.5, 0.6) is 5.75 Å². The number of carbonyl (C=O) groups is 1. The summed E-state index contributed by atoms with van der Waals surface area (Å²) in [6.07, 6.45) is 2.00. The highest BCUT2D eigenvalue weighted by molar-refractivity contribution is 5.85. The van der Waals surface area contributed by atoms with Crippen LogP contribution in [0.25, 0.3) is 0 Å². The molecule has 3 rings (SSSR count). The maximum atomic E-state index is 12.0. The number of hydrogen-bond donors (Lipinski definition) is 2. The third-order valence-electron chi connectivity index (χ3n) is 4.52. The average Bonchev–Trinajstić information content (AvgIpc) is 3.16. The van der Waals surface area contributed by atoms with Gasteiger partial charge in [0.05, 0.1) is 19.3 Å². The molecule has 0 aliphatic carbocycles. The lowest BCUT2D eigenvalue weighted by molar-refractivity contribution is -0.122. The standard InChI is InChI=1S/C18H27N3O3.2ClH/c22-18(17-5-2-6-19-17)20-14-15-3-1-4-16(13-15)24-12-9-21-7-10-23-11-8-21;;/h1,3-4,13,17,19H,2,5-12,14H2,(H,20,22);2*1H. The molecule has 0 aromatic heterocycles. The molecule has 2 aliphatic rings. The van der Waals surface area contributed by atoms with Crippen LogP contribution in [0.3, 0.4) is 0 Å². The minimum atomic E-state index is -0.0297. The van der Waals surface area contributed by atoms with Crippen LogP contribution >= 0.6 is 24.8 Å². The van der Waals surface area contributed by atoms with Gasteiger partial charge in [-0.1, -0.05) is 12.1 Å². The molecular formula is C18H29Cl2N3O3. The fourth-order valence-electron chi connectivity index (χ4n) is 3.08. The molecule has 2 fully saturated rings. The second kappa shape index (κ2) is 12.4. The van der Waals surface area contributed by atoms with Gasteiger partial charge in [0, 0.05) is 26.2 Å². The van der Waals surface area contributed by atoms with E-state index in [-0.39, 0.29) is 36.8 Å². The van der Waals surface area contributed by atoms with Gasteiger partial charge in [-0.05, 0) is 37.1 Å². The average molecular weight is 406 g/mol. The predicted octanol–water partition coefficient (Wildman–Crippen LogP) is 1.61. The van der Waals surface area contributed by atoms with Crippen molar-refractivity contribution in [1.29, 1.82) is 0 Å². The van der Waals surface area contributed by atoms with Crippen molar-refractivity contribution in [1.82, 2.24) is 15.5 Å². The molecule has 1 amide bonds. The lowest BCUT2D eigenvalue weighted by Crippen LogP contribution is -2.40. The Labute approximate surface area is 167 Å². The third-order valence-corrected chi connectivity index (χ3v) is 4.52. The molecule has 148 valence electrons. The summed E-state index contributed by atoms with van der Waals surface area (Å²) in [5.74, 6) is 0.945. The molecule has 0 radical (unpaired) electrons. The highest BCUT2D eigenvalue weighted by Gasteiger charge is 2.21. The quantitative estimate of drug-likeness (QED) is 0.721. The fraction of sp³-hybridized carbons (Fsp3) is 0.611. The molecule has 2 aliphatic heterocycles. The van der Waals surface area contributed by atoms with Crippen LogP contribution in [0, 0.1) is 0 Å². The van der Waals surface area contributed by atoms with Gasteiger partial charge in [0.2, 0.25) is 5.91 Å². The summed E-state index contributed by atoms with van der Waals surface area (Å²) in [5, 5.41) is 6.21. The molecule has 1 aromatic carbocycles. The van der Waals surface area contributed by atoms with Crippen LogP contribution in [-0.4, -0.2) is 62.8 Å². The number of hydrogen-bond acceptors (Lipinski definition) is 5. The molecule has 1 aromatic rings. The van der Waals surface area contributed by atoms with Gasteiger partial charge in [0.15, 0.2) is 0 Å². The Morgan fingerprint density at radius 3 is 2.85 bits per heavy atom. The van der Waals surface area contributed by atoms with Crippen molar-refractivity contribution in [2.45, 2.75) is 25.4 Å². The summed E-state index contributed by atoms with van der Waals surface area (Å²) in [4.78, 5) is 14.4. The molecular weight excluding hydrogens is 377 g/mol. The summed E-state index contributed by atoms with van der Waals surface area (Å²) in [6, 6.07) is 7.92. The monoisotopic (exact) mass is 405 g/mol. The summed E-state index contributed by atoms with van der Waals surface area (Å²) < 4.78 is 11.2. The van der Waals surface area contributed by atoms with Gasteiger partial charge < -0.3 is 20.1 Å². The minimum Gasteiger partial charge on any atom is -0.492 e. The van der Waals surface area contributed by atoms with E-state index in [1.165, 1.54) is 0 Å². The first-order valence-corrected chi connectivity index (χ1v) is 8.84. The van der Waals surface area contributed by atoms with Gasteiger partial charge in [-0.3, -0.25) is 9.69 Å². The Bertz CT molecular complexity index is 536. The summed E-state index contributed by atoms with van der Waals surface area (Å²) in [7, 11) is 0. The Balaban J connectivity index is 0.00000169. The topological polar surface area (TPSA) is 62.8 Å². The minimum absolute atomic E-state index is 0. The normalized spacial score (nSPS) is 19.9. The van der Waals surface area contributed by atoms with E-state index in [1.807, 2.05) is 24.3 Å². The van der Waals surface area contributed by atoms with Gasteiger partial charge in [-0.25, -0.2) is 0 Å².